The van der Waals surface area contributed by atoms with Crippen molar-refractivity contribution < 1.29 is 15.0 Å². The van der Waals surface area contributed by atoms with Gasteiger partial charge >= 0.3 is 0 Å². The summed E-state index contributed by atoms with van der Waals surface area (Å²) in [5.74, 6) is 0. The van der Waals surface area contributed by atoms with Gasteiger partial charge < -0.3 is 26.1 Å². The Morgan fingerprint density at radius 2 is 1.71 bits per heavy atom. The molecule has 5 nitrogen and oxygen atoms in total. The average molecular weight is 250 g/mol. The van der Waals surface area contributed by atoms with Crippen LogP contribution in [0.4, 0.5) is 0 Å². The lowest BCUT2D eigenvalue weighted by molar-refractivity contribution is -0.107. The first-order valence-electron chi connectivity index (χ1n) is 6.31. The van der Waals surface area contributed by atoms with E-state index in [0.717, 1.165) is 25.8 Å². The van der Waals surface area contributed by atoms with Crippen LogP contribution in [-0.2, 0) is 4.79 Å². The van der Waals surface area contributed by atoms with Gasteiger partial charge in [0.1, 0.15) is 6.29 Å². The third kappa shape index (κ3) is 50.2. The van der Waals surface area contributed by atoms with Gasteiger partial charge in [0.05, 0.1) is 13.2 Å². The summed E-state index contributed by atoms with van der Waals surface area (Å²) in [5.41, 5.74) is 4.78. The van der Waals surface area contributed by atoms with Crippen LogP contribution in [0.5, 0.6) is 0 Å². The van der Waals surface area contributed by atoms with Gasteiger partial charge in [0.2, 0.25) is 0 Å². The number of nitrogens with one attached hydrogen (secondary N) is 1. The Hall–Kier alpha value is -0.490. The first-order valence-corrected chi connectivity index (χ1v) is 6.31. The van der Waals surface area contributed by atoms with Gasteiger partial charge in [-0.25, -0.2) is 0 Å². The zero-order valence-corrected chi connectivity index (χ0v) is 11.3. The molecule has 0 aromatic rings. The molecule has 0 aliphatic carbocycles. The molecular formula is C12H30N2O3. The topological polar surface area (TPSA) is 95.6 Å². The minimum Gasteiger partial charge on any atom is -0.395 e. The summed E-state index contributed by atoms with van der Waals surface area (Å²) in [6.07, 6.45) is 5.04. The van der Waals surface area contributed by atoms with Gasteiger partial charge in [0, 0.05) is 19.5 Å². The Balaban J connectivity index is -0.000000188. The summed E-state index contributed by atoms with van der Waals surface area (Å²) >= 11 is 0. The largest absolute Gasteiger partial charge is 0.395 e. The Morgan fingerprint density at radius 1 is 1.12 bits per heavy atom. The smallest absolute Gasteiger partial charge is 0.119 e. The van der Waals surface area contributed by atoms with Crippen LogP contribution in [0, 0.1) is 0 Å². The van der Waals surface area contributed by atoms with Gasteiger partial charge in [0.15, 0.2) is 0 Å². The SMILES string of the molecule is CCCC=O.CCCCNCCO.NCCO. The second-order valence-electron chi connectivity index (χ2n) is 3.29. The fraction of sp³-hybridized carbons (Fsp3) is 0.917. The molecule has 0 aliphatic rings. The standard InChI is InChI=1S/C6H15NO.C4H8O.C2H7NO/c1-2-3-4-7-5-6-8;1-2-3-4-5;3-1-2-4/h7-8H,2-6H2,1H3;4H,2-3H2,1H3;4H,1-3H2. The molecule has 17 heavy (non-hydrogen) atoms. The van der Waals surface area contributed by atoms with Gasteiger partial charge in [-0.2, -0.15) is 0 Å². The van der Waals surface area contributed by atoms with E-state index in [0.29, 0.717) is 13.0 Å². The van der Waals surface area contributed by atoms with Gasteiger partial charge in [-0.05, 0) is 19.4 Å². The lowest BCUT2D eigenvalue weighted by atomic mass is 10.3. The minimum atomic E-state index is 0.0972. The van der Waals surface area contributed by atoms with Crippen molar-refractivity contribution in [3.8, 4) is 0 Å². The molecule has 0 radical (unpaired) electrons. The maximum absolute atomic E-state index is 9.40. The molecule has 0 aliphatic heterocycles. The van der Waals surface area contributed by atoms with E-state index in [2.05, 4.69) is 12.2 Å². The van der Waals surface area contributed by atoms with E-state index in [-0.39, 0.29) is 13.2 Å². The van der Waals surface area contributed by atoms with Crippen LogP contribution < -0.4 is 11.1 Å². The molecule has 0 rings (SSSR count). The molecule has 0 heterocycles. The van der Waals surface area contributed by atoms with Crippen molar-refractivity contribution in [2.45, 2.75) is 39.5 Å². The van der Waals surface area contributed by atoms with Crippen molar-refractivity contribution in [2.24, 2.45) is 5.73 Å². The number of carbonyl (C=O) groups is 1. The molecular weight excluding hydrogens is 220 g/mol. The van der Waals surface area contributed by atoms with Crippen LogP contribution in [0.15, 0.2) is 0 Å². The third-order valence-electron chi connectivity index (χ3n) is 1.53. The maximum Gasteiger partial charge on any atom is 0.119 e. The van der Waals surface area contributed by atoms with E-state index in [1.165, 1.54) is 12.8 Å². The normalized spacial score (nSPS) is 8.53. The first kappa shape index (κ1) is 21.8. The second-order valence-corrected chi connectivity index (χ2v) is 3.29. The molecule has 5 heteroatoms. The van der Waals surface area contributed by atoms with E-state index in [1.54, 1.807) is 0 Å². The van der Waals surface area contributed by atoms with E-state index in [4.69, 9.17) is 15.9 Å². The summed E-state index contributed by atoms with van der Waals surface area (Å²) in [5, 5.41) is 19.1. The van der Waals surface area contributed by atoms with Gasteiger partial charge in [-0.15, -0.1) is 0 Å². The predicted molar refractivity (Wildman–Crippen MR) is 72.0 cm³/mol. The number of nitrogens with two attached hydrogens (primary N) is 1. The Bertz CT molecular complexity index is 106. The monoisotopic (exact) mass is 250 g/mol. The van der Waals surface area contributed by atoms with Crippen molar-refractivity contribution in [3.63, 3.8) is 0 Å². The summed E-state index contributed by atoms with van der Waals surface area (Å²) in [4.78, 5) is 9.40. The Labute approximate surface area is 105 Å². The van der Waals surface area contributed by atoms with E-state index in [1.807, 2.05) is 6.92 Å². The molecule has 0 amide bonds. The maximum atomic E-state index is 9.40. The van der Waals surface area contributed by atoms with E-state index < -0.39 is 0 Å². The fourth-order valence-corrected chi connectivity index (χ4v) is 0.624. The van der Waals surface area contributed by atoms with Crippen molar-refractivity contribution in [1.29, 1.82) is 0 Å². The number of carbonyl (C=O) groups excluding carboxylic acids is 1. The quantitative estimate of drug-likeness (QED) is 0.367. The van der Waals surface area contributed by atoms with E-state index in [9.17, 15) is 4.79 Å². The zero-order valence-electron chi connectivity index (χ0n) is 11.3. The molecule has 0 atom stereocenters. The number of hydrogen-bond acceptors (Lipinski definition) is 5. The first-order chi connectivity index (χ1) is 8.24. The molecule has 106 valence electrons. The number of unbranched alkanes of at least 4 members (excludes halogenated alkanes) is 2. The summed E-state index contributed by atoms with van der Waals surface area (Å²) < 4.78 is 0. The number of aliphatic hydroxyl groups is 2. The van der Waals surface area contributed by atoms with Crippen LogP contribution in [0.3, 0.4) is 0 Å². The lowest BCUT2D eigenvalue weighted by Gasteiger charge is -1.97. The van der Waals surface area contributed by atoms with Crippen LogP contribution in [0.25, 0.3) is 0 Å². The molecule has 5 N–H and O–H groups in total. The number of aliphatic hydroxyl groups excluding tert-OH is 2. The fourth-order valence-electron chi connectivity index (χ4n) is 0.624. The van der Waals surface area contributed by atoms with Crippen LogP contribution >= 0.6 is 0 Å². The molecule has 0 saturated carbocycles. The average Bonchev–Trinajstić information content (AvgIpc) is 2.37. The molecule has 0 spiro atoms. The zero-order chi connectivity index (χ0) is 13.8. The number of hydrogen-bond donors (Lipinski definition) is 4. The molecule has 0 bridgehead atoms. The predicted octanol–water partition coefficient (Wildman–Crippen LogP) is 0.291. The van der Waals surface area contributed by atoms with Crippen LogP contribution in [0.2, 0.25) is 0 Å². The molecule has 0 aromatic heterocycles. The molecule has 0 unspecified atom stereocenters. The van der Waals surface area contributed by atoms with Gasteiger partial charge in [-0.1, -0.05) is 20.3 Å². The highest BCUT2D eigenvalue weighted by atomic mass is 16.3. The lowest BCUT2D eigenvalue weighted by Crippen LogP contribution is -2.18. The minimum absolute atomic E-state index is 0.0972. The summed E-state index contributed by atoms with van der Waals surface area (Å²) in [7, 11) is 0. The Morgan fingerprint density at radius 3 is 1.94 bits per heavy atom. The van der Waals surface area contributed by atoms with Gasteiger partial charge in [-0.3, -0.25) is 0 Å². The molecule has 0 aromatic carbocycles. The highest BCUT2D eigenvalue weighted by Crippen LogP contribution is 1.80. The van der Waals surface area contributed by atoms with E-state index >= 15 is 0 Å². The molecule has 0 saturated heterocycles. The van der Waals surface area contributed by atoms with Crippen LogP contribution in [0.1, 0.15) is 39.5 Å². The second kappa shape index (κ2) is 29.6. The third-order valence-corrected chi connectivity index (χ3v) is 1.53. The van der Waals surface area contributed by atoms with Crippen molar-refractivity contribution in [2.75, 3.05) is 32.8 Å². The molecule has 0 fully saturated rings. The van der Waals surface area contributed by atoms with Crippen molar-refractivity contribution in [3.05, 3.63) is 0 Å². The highest BCUT2D eigenvalue weighted by molar-refractivity contribution is 5.48. The summed E-state index contributed by atoms with van der Waals surface area (Å²) in [6, 6.07) is 0. The number of rotatable bonds is 8. The van der Waals surface area contributed by atoms with Crippen molar-refractivity contribution >= 4 is 6.29 Å². The van der Waals surface area contributed by atoms with Gasteiger partial charge in [0.25, 0.3) is 0 Å². The van der Waals surface area contributed by atoms with Crippen LogP contribution in [-0.4, -0.2) is 49.3 Å². The highest BCUT2D eigenvalue weighted by Gasteiger charge is 1.81. The van der Waals surface area contributed by atoms with Crippen molar-refractivity contribution in [1.82, 2.24) is 5.32 Å². The summed E-state index contributed by atoms with van der Waals surface area (Å²) in [6.45, 7) is 6.63. The number of aldehydes is 1. The Kier molecular flexibility index (Phi) is 37.8.